The van der Waals surface area contributed by atoms with Crippen LogP contribution in [0, 0.1) is 0 Å². The van der Waals surface area contributed by atoms with Crippen LogP contribution < -0.4 is 5.32 Å². The van der Waals surface area contributed by atoms with E-state index in [4.69, 9.17) is 4.74 Å². The SMILES string of the molecule is O=C(NCc1nn2c(c1C(=O)O)CCCC2)OCC1c2ccccc2-c2ccccc21. The van der Waals surface area contributed by atoms with Crippen molar-refractivity contribution in [2.24, 2.45) is 0 Å². The summed E-state index contributed by atoms with van der Waals surface area (Å²) < 4.78 is 7.28. The van der Waals surface area contributed by atoms with Gasteiger partial charge in [-0.1, -0.05) is 48.5 Å². The van der Waals surface area contributed by atoms with Gasteiger partial charge in [-0.3, -0.25) is 4.68 Å². The van der Waals surface area contributed by atoms with Crippen LogP contribution in [0.1, 0.15) is 51.6 Å². The molecule has 2 aliphatic rings. The number of carbonyl (C=O) groups excluding carboxylic acids is 1. The van der Waals surface area contributed by atoms with Crippen LogP contribution in [0.15, 0.2) is 48.5 Å². The lowest BCUT2D eigenvalue weighted by atomic mass is 9.98. The highest BCUT2D eigenvalue weighted by atomic mass is 16.5. The molecule has 0 saturated carbocycles. The first-order valence-electron chi connectivity index (χ1n) is 10.5. The Labute approximate surface area is 179 Å². The number of amides is 1. The topological polar surface area (TPSA) is 93.5 Å². The maximum Gasteiger partial charge on any atom is 0.407 e. The monoisotopic (exact) mass is 417 g/mol. The van der Waals surface area contributed by atoms with Crippen molar-refractivity contribution in [3.63, 3.8) is 0 Å². The van der Waals surface area contributed by atoms with Crippen LogP contribution in [0.2, 0.25) is 0 Å². The number of benzene rings is 2. The Hall–Kier alpha value is -3.61. The number of fused-ring (bicyclic) bond motifs is 4. The number of carbonyl (C=O) groups is 2. The third-order valence-corrected chi connectivity index (χ3v) is 6.12. The van der Waals surface area contributed by atoms with Crippen LogP contribution in [0.3, 0.4) is 0 Å². The lowest BCUT2D eigenvalue weighted by Crippen LogP contribution is -2.26. The molecule has 2 N–H and O–H groups in total. The van der Waals surface area contributed by atoms with Crippen molar-refractivity contribution >= 4 is 12.1 Å². The molecule has 2 aromatic carbocycles. The van der Waals surface area contributed by atoms with E-state index >= 15 is 0 Å². The summed E-state index contributed by atoms with van der Waals surface area (Å²) in [4.78, 5) is 24.1. The first kappa shape index (κ1) is 19.4. The molecule has 0 saturated heterocycles. The van der Waals surface area contributed by atoms with Crippen molar-refractivity contribution in [1.82, 2.24) is 15.1 Å². The molecule has 0 unspecified atom stereocenters. The number of rotatable bonds is 5. The molecule has 3 aromatic rings. The van der Waals surface area contributed by atoms with Gasteiger partial charge in [0.25, 0.3) is 0 Å². The Kier molecular flexibility index (Phi) is 4.94. The van der Waals surface area contributed by atoms with Crippen LogP contribution in [0.4, 0.5) is 4.79 Å². The van der Waals surface area contributed by atoms with E-state index < -0.39 is 12.1 Å². The summed E-state index contributed by atoms with van der Waals surface area (Å²) in [5.41, 5.74) is 5.95. The minimum atomic E-state index is -1.01. The molecule has 31 heavy (non-hydrogen) atoms. The van der Waals surface area contributed by atoms with Crippen molar-refractivity contribution in [2.75, 3.05) is 6.61 Å². The van der Waals surface area contributed by atoms with Gasteiger partial charge in [0.15, 0.2) is 0 Å². The number of carboxylic acids is 1. The first-order valence-corrected chi connectivity index (χ1v) is 10.5. The highest BCUT2D eigenvalue weighted by Gasteiger charge is 2.29. The van der Waals surface area contributed by atoms with Gasteiger partial charge in [-0.2, -0.15) is 5.10 Å². The summed E-state index contributed by atoms with van der Waals surface area (Å²) in [6.07, 6.45) is 2.04. The molecule has 1 aromatic heterocycles. The van der Waals surface area contributed by atoms with Gasteiger partial charge < -0.3 is 15.2 Å². The van der Waals surface area contributed by atoms with E-state index in [-0.39, 0.29) is 24.6 Å². The number of ether oxygens (including phenoxy) is 1. The molecule has 1 amide bonds. The van der Waals surface area contributed by atoms with E-state index in [2.05, 4.69) is 34.7 Å². The number of nitrogens with zero attached hydrogens (tertiary/aromatic N) is 2. The Balaban J connectivity index is 1.27. The third kappa shape index (κ3) is 3.46. The number of hydrogen-bond acceptors (Lipinski definition) is 4. The Morgan fingerprint density at radius 2 is 1.74 bits per heavy atom. The number of nitrogens with one attached hydrogen (secondary N) is 1. The van der Waals surface area contributed by atoms with Crippen molar-refractivity contribution < 1.29 is 19.4 Å². The molecular weight excluding hydrogens is 394 g/mol. The van der Waals surface area contributed by atoms with Gasteiger partial charge in [-0.25, -0.2) is 9.59 Å². The first-order chi connectivity index (χ1) is 15.1. The van der Waals surface area contributed by atoms with E-state index in [1.54, 1.807) is 4.68 Å². The largest absolute Gasteiger partial charge is 0.478 e. The van der Waals surface area contributed by atoms with E-state index in [1.165, 1.54) is 11.1 Å². The number of aromatic carboxylic acids is 1. The van der Waals surface area contributed by atoms with Gasteiger partial charge in [0.05, 0.1) is 17.9 Å². The third-order valence-electron chi connectivity index (χ3n) is 6.12. The summed E-state index contributed by atoms with van der Waals surface area (Å²) in [5.74, 6) is -1.03. The highest BCUT2D eigenvalue weighted by molar-refractivity contribution is 5.90. The molecule has 158 valence electrons. The molecule has 7 nitrogen and oxygen atoms in total. The second-order valence-electron chi connectivity index (χ2n) is 7.93. The summed E-state index contributed by atoms with van der Waals surface area (Å²) in [6.45, 7) is 0.949. The molecule has 0 bridgehead atoms. The zero-order chi connectivity index (χ0) is 21.4. The smallest absolute Gasteiger partial charge is 0.407 e. The van der Waals surface area contributed by atoms with Gasteiger partial charge in [0.1, 0.15) is 12.2 Å². The van der Waals surface area contributed by atoms with Crippen LogP contribution >= 0.6 is 0 Å². The zero-order valence-electron chi connectivity index (χ0n) is 17.0. The second kappa shape index (κ2) is 7.91. The van der Waals surface area contributed by atoms with Crippen molar-refractivity contribution in [3.05, 3.63) is 76.6 Å². The number of alkyl carbamates (subject to hydrolysis) is 1. The summed E-state index contributed by atoms with van der Waals surface area (Å²) in [7, 11) is 0. The lowest BCUT2D eigenvalue weighted by molar-refractivity contribution is 0.0693. The normalized spacial score (nSPS) is 14.5. The molecule has 5 rings (SSSR count). The van der Waals surface area contributed by atoms with Gasteiger partial charge in [-0.15, -0.1) is 0 Å². The maximum absolute atomic E-state index is 12.4. The fourth-order valence-corrected chi connectivity index (χ4v) is 4.72. The van der Waals surface area contributed by atoms with Gasteiger partial charge in [-0.05, 0) is 41.5 Å². The molecule has 0 fully saturated rings. The summed E-state index contributed by atoms with van der Waals surface area (Å²) >= 11 is 0. The van der Waals surface area contributed by atoms with Crippen LogP contribution in [0.5, 0.6) is 0 Å². The molecule has 1 aliphatic heterocycles. The molecular formula is C24H23N3O4. The molecule has 0 spiro atoms. The molecule has 0 radical (unpaired) electrons. The van der Waals surface area contributed by atoms with E-state index in [0.717, 1.165) is 29.7 Å². The number of aryl methyl sites for hydroxylation is 1. The lowest BCUT2D eigenvalue weighted by Gasteiger charge is -2.14. The maximum atomic E-state index is 12.4. The molecule has 1 aliphatic carbocycles. The van der Waals surface area contributed by atoms with E-state index in [1.807, 2.05) is 24.3 Å². The van der Waals surface area contributed by atoms with Crippen LogP contribution in [-0.4, -0.2) is 33.6 Å². The molecule has 7 heteroatoms. The standard InChI is InChI=1S/C24H23N3O4/c28-23(29)22-20(26-27-12-6-5-11-21(22)27)13-25-24(30)31-14-19-17-9-3-1-7-15(17)16-8-2-4-10-18(16)19/h1-4,7-10,19H,5-6,11-14H2,(H,25,30)(H,28,29). The minimum Gasteiger partial charge on any atom is -0.478 e. The summed E-state index contributed by atoms with van der Waals surface area (Å²) in [5, 5.41) is 16.7. The number of aromatic nitrogens is 2. The Bertz CT molecular complexity index is 1120. The number of carboxylic acid groups (broad SMARTS) is 1. The van der Waals surface area contributed by atoms with Crippen molar-refractivity contribution in [1.29, 1.82) is 0 Å². The predicted octanol–water partition coefficient (Wildman–Crippen LogP) is 3.96. The van der Waals surface area contributed by atoms with Crippen molar-refractivity contribution in [3.8, 4) is 11.1 Å². The Morgan fingerprint density at radius 1 is 1.06 bits per heavy atom. The highest BCUT2D eigenvalue weighted by Crippen LogP contribution is 2.44. The average molecular weight is 417 g/mol. The van der Waals surface area contributed by atoms with E-state index in [0.29, 0.717) is 18.7 Å². The molecule has 0 atom stereocenters. The fraction of sp³-hybridized carbons (Fsp3) is 0.292. The minimum absolute atomic E-state index is 0.0207. The van der Waals surface area contributed by atoms with Crippen LogP contribution in [0.25, 0.3) is 11.1 Å². The quantitative estimate of drug-likeness (QED) is 0.656. The van der Waals surface area contributed by atoms with E-state index in [9.17, 15) is 14.7 Å². The number of hydrogen-bond donors (Lipinski definition) is 2. The fourth-order valence-electron chi connectivity index (χ4n) is 4.72. The van der Waals surface area contributed by atoms with Crippen molar-refractivity contribution in [2.45, 2.75) is 38.3 Å². The van der Waals surface area contributed by atoms with Crippen LogP contribution in [-0.2, 0) is 24.2 Å². The predicted molar refractivity (Wildman–Crippen MR) is 114 cm³/mol. The zero-order valence-corrected chi connectivity index (χ0v) is 17.0. The second-order valence-corrected chi connectivity index (χ2v) is 7.93. The molecule has 2 heterocycles. The van der Waals surface area contributed by atoms with Gasteiger partial charge >= 0.3 is 12.1 Å². The van der Waals surface area contributed by atoms with Gasteiger partial charge in [0.2, 0.25) is 0 Å². The Morgan fingerprint density at radius 3 is 2.42 bits per heavy atom. The summed E-state index contributed by atoms with van der Waals surface area (Å²) in [6, 6.07) is 16.3. The van der Waals surface area contributed by atoms with Gasteiger partial charge in [0, 0.05) is 12.5 Å². The average Bonchev–Trinajstić information content (AvgIpc) is 3.32.